The van der Waals surface area contributed by atoms with Crippen LogP contribution in [0.25, 0.3) is 0 Å². The van der Waals surface area contributed by atoms with Crippen LogP contribution in [0.15, 0.2) is 106 Å². The van der Waals surface area contributed by atoms with Crippen LogP contribution in [0.3, 0.4) is 0 Å². The molecular weight excluding hydrogens is 697 g/mol. The molecular formula is C30H27O15S3-3. The number of benzene rings is 4. The van der Waals surface area contributed by atoms with E-state index in [0.29, 0.717) is 39.4 Å². The van der Waals surface area contributed by atoms with E-state index in [9.17, 15) is 31.2 Å². The van der Waals surface area contributed by atoms with Crippen LogP contribution in [0.1, 0.15) is 0 Å². The van der Waals surface area contributed by atoms with Crippen molar-refractivity contribution in [3.8, 4) is 34.5 Å². The highest BCUT2D eigenvalue weighted by atomic mass is 32.2. The maximum Gasteiger partial charge on any atom is 0.126 e. The van der Waals surface area contributed by atoms with Crippen molar-refractivity contribution in [1.29, 1.82) is 0 Å². The van der Waals surface area contributed by atoms with Crippen molar-refractivity contribution in [2.45, 2.75) is 14.7 Å². The monoisotopic (exact) mass is 723 g/mol. The number of rotatable bonds is 20. The van der Waals surface area contributed by atoms with Crippen molar-refractivity contribution >= 4 is 32.3 Å². The first-order chi connectivity index (χ1) is 23.0. The molecule has 0 spiro atoms. The van der Waals surface area contributed by atoms with Crippen LogP contribution in [0.4, 0.5) is 0 Å². The molecule has 4 aromatic carbocycles. The molecule has 0 heterocycles. The van der Waals surface area contributed by atoms with Crippen LogP contribution in [0, 0.1) is 0 Å². The van der Waals surface area contributed by atoms with Gasteiger partial charge in [-0.3, -0.25) is 5.04 Å². The van der Waals surface area contributed by atoms with Gasteiger partial charge < -0.3 is 42.8 Å². The van der Waals surface area contributed by atoms with Gasteiger partial charge >= 0.3 is 0 Å². The van der Waals surface area contributed by atoms with Crippen molar-refractivity contribution in [1.82, 2.24) is 0 Å². The van der Waals surface area contributed by atoms with Gasteiger partial charge in [0, 0.05) is 23.1 Å². The highest BCUT2D eigenvalue weighted by Crippen LogP contribution is 2.29. The molecule has 0 aliphatic rings. The molecule has 0 radical (unpaired) electrons. The molecule has 15 nitrogen and oxygen atoms in total. The summed E-state index contributed by atoms with van der Waals surface area (Å²) in [5.41, 5.74) is 0. The lowest BCUT2D eigenvalue weighted by atomic mass is 10.3. The Balaban J connectivity index is 1.31. The quantitative estimate of drug-likeness (QED) is 0.0421. The fourth-order valence-electron chi connectivity index (χ4n) is 3.80. The van der Waals surface area contributed by atoms with E-state index in [1.807, 2.05) is 0 Å². The lowest BCUT2D eigenvalue weighted by Crippen LogP contribution is -2.12. The van der Waals surface area contributed by atoms with E-state index in [1.165, 1.54) is 24.3 Å². The number of hydrogen-bond donors (Lipinski definition) is 0. The molecule has 4 rings (SSSR count). The summed E-state index contributed by atoms with van der Waals surface area (Å²) < 4.78 is 105. The van der Waals surface area contributed by atoms with Crippen molar-refractivity contribution in [3.63, 3.8) is 0 Å². The third-order valence-corrected chi connectivity index (χ3v) is 8.21. The normalized spacial score (nSPS) is 11.5. The molecule has 0 fully saturated rings. The van der Waals surface area contributed by atoms with E-state index in [0.717, 1.165) is 36.3 Å². The Hall–Kier alpha value is -4.27. The minimum atomic E-state index is -4.56. The van der Waals surface area contributed by atoms with Gasteiger partial charge in [0.15, 0.2) is 0 Å². The smallest absolute Gasteiger partial charge is 0.126 e. The Morgan fingerprint density at radius 1 is 0.458 bits per heavy atom. The Bertz CT molecular complexity index is 1700. The zero-order valence-corrected chi connectivity index (χ0v) is 27.2. The summed E-state index contributed by atoms with van der Waals surface area (Å²) in [5.74, 6) is 2.41. The second-order valence-electron chi connectivity index (χ2n) is 9.27. The lowest BCUT2D eigenvalue weighted by Gasteiger charge is -2.15. The molecule has 258 valence electrons. The van der Waals surface area contributed by atoms with Gasteiger partial charge in [0.1, 0.15) is 94.4 Å². The maximum absolute atomic E-state index is 11.1. The van der Waals surface area contributed by atoms with Gasteiger partial charge in [-0.25, -0.2) is 16.8 Å². The Morgan fingerprint density at radius 3 is 1.04 bits per heavy atom. The molecule has 0 saturated heterocycles. The van der Waals surface area contributed by atoms with E-state index in [2.05, 4.69) is 9.37 Å². The summed E-state index contributed by atoms with van der Waals surface area (Å²) in [4.78, 5) is -0.0998. The summed E-state index contributed by atoms with van der Waals surface area (Å²) in [7, 11) is -9.13. The average molecular weight is 724 g/mol. The minimum absolute atomic E-state index is 0.0893. The summed E-state index contributed by atoms with van der Waals surface area (Å²) in [5, 5.41) is 13.3. The van der Waals surface area contributed by atoms with E-state index < -0.39 is 20.2 Å². The standard InChI is InChI=1S/C30H30O15S3/c31-44-45-46-28-7-1-22(2-8-28)38-13-16-41-25-19-26(42-17-14-39-23-3-9-29(10-4-23)47(32,33)34)21-27(20-25)43-18-15-40-24-5-11-30(12-6-24)48(35,36)37/h1-12,19-21,31H,13-18H2,(H,32,33,34)(H,35,36,37)/p-3. The van der Waals surface area contributed by atoms with Crippen LogP contribution in [0.5, 0.6) is 34.5 Å². The van der Waals surface area contributed by atoms with Crippen LogP contribution in [-0.4, -0.2) is 65.6 Å². The molecule has 48 heavy (non-hydrogen) atoms. The first-order valence-electron chi connectivity index (χ1n) is 13.8. The second-order valence-corrected chi connectivity index (χ2v) is 12.8. The highest BCUT2D eigenvalue weighted by Gasteiger charge is 2.08. The van der Waals surface area contributed by atoms with Crippen LogP contribution in [0.2, 0.25) is 0 Å². The van der Waals surface area contributed by atoms with Gasteiger partial charge in [-0.2, -0.15) is 4.33 Å². The lowest BCUT2D eigenvalue weighted by molar-refractivity contribution is -0.777. The van der Waals surface area contributed by atoms with E-state index in [1.54, 1.807) is 42.5 Å². The third-order valence-electron chi connectivity index (χ3n) is 5.92. The summed E-state index contributed by atoms with van der Waals surface area (Å²) >= 11 is 0.756. The molecule has 0 unspecified atom stereocenters. The molecule has 0 saturated carbocycles. The molecule has 4 aromatic rings. The zero-order valence-electron chi connectivity index (χ0n) is 24.8. The van der Waals surface area contributed by atoms with Gasteiger partial charge in [0.25, 0.3) is 0 Å². The largest absolute Gasteiger partial charge is 0.744 e. The van der Waals surface area contributed by atoms with E-state index in [4.69, 9.17) is 28.4 Å². The van der Waals surface area contributed by atoms with Crippen LogP contribution >= 0.6 is 12.0 Å². The fraction of sp³-hybridized carbons (Fsp3) is 0.200. The number of ether oxygens (including phenoxy) is 6. The molecule has 18 heteroatoms. The molecule has 0 aliphatic carbocycles. The van der Waals surface area contributed by atoms with Crippen molar-refractivity contribution in [2.24, 2.45) is 0 Å². The molecule has 0 aliphatic heterocycles. The van der Waals surface area contributed by atoms with E-state index in [-0.39, 0.29) is 49.4 Å². The second kappa shape index (κ2) is 17.8. The Labute approximate surface area is 280 Å². The predicted octanol–water partition coefficient (Wildman–Crippen LogP) is 3.10. The first kappa shape index (κ1) is 36.6. The third kappa shape index (κ3) is 12.4. The Kier molecular flexibility index (Phi) is 13.5. The van der Waals surface area contributed by atoms with Gasteiger partial charge in [-0.05, 0) is 72.8 Å². The fourth-order valence-corrected chi connectivity index (χ4v) is 5.09. The maximum atomic E-state index is 11.1. The average Bonchev–Trinajstić information content (AvgIpc) is 3.06. The van der Waals surface area contributed by atoms with Crippen molar-refractivity contribution in [2.75, 3.05) is 39.6 Å². The van der Waals surface area contributed by atoms with Crippen molar-refractivity contribution < 1.29 is 69.0 Å². The summed E-state index contributed by atoms with van der Waals surface area (Å²) in [6, 6.07) is 21.7. The van der Waals surface area contributed by atoms with Gasteiger partial charge in [0.05, 0.1) is 21.8 Å². The topological polar surface area (TPSA) is 211 Å². The van der Waals surface area contributed by atoms with Crippen LogP contribution in [-0.2, 0) is 29.6 Å². The predicted molar refractivity (Wildman–Crippen MR) is 163 cm³/mol. The van der Waals surface area contributed by atoms with Crippen LogP contribution < -0.4 is 33.7 Å². The number of hydrogen-bond acceptors (Lipinski definition) is 16. The molecule has 0 bridgehead atoms. The Morgan fingerprint density at radius 2 is 0.750 bits per heavy atom. The highest BCUT2D eigenvalue weighted by molar-refractivity contribution is 7.94. The van der Waals surface area contributed by atoms with Gasteiger partial charge in [0.2, 0.25) is 0 Å². The minimum Gasteiger partial charge on any atom is -0.744 e. The van der Waals surface area contributed by atoms with Crippen molar-refractivity contribution in [3.05, 3.63) is 91.0 Å². The molecule has 0 aromatic heterocycles. The zero-order chi connectivity index (χ0) is 34.4. The van der Waals surface area contributed by atoms with Gasteiger partial charge in [-0.1, -0.05) is 0 Å². The molecule has 0 amide bonds. The summed E-state index contributed by atoms with van der Waals surface area (Å²) in [6.07, 6.45) is 0. The summed E-state index contributed by atoms with van der Waals surface area (Å²) in [6.45, 7) is 0.702. The first-order valence-corrected chi connectivity index (χ1v) is 17.3. The SMILES string of the molecule is O=S(=O)([O-])c1ccc(OCCOc2cc(OCCOc3ccc(SOO[O-])cc3)cc(OCCOc3ccc(S(=O)(=O)[O-])cc3)c2)cc1. The van der Waals surface area contributed by atoms with Gasteiger partial charge in [-0.15, -0.1) is 0 Å². The molecule has 0 atom stereocenters. The molecule has 0 N–H and O–H groups in total. The van der Waals surface area contributed by atoms with E-state index >= 15 is 0 Å².